The van der Waals surface area contributed by atoms with Crippen molar-refractivity contribution in [3.05, 3.63) is 22.8 Å². The van der Waals surface area contributed by atoms with E-state index >= 15 is 0 Å². The van der Waals surface area contributed by atoms with Gasteiger partial charge in [-0.1, -0.05) is 11.6 Å². The number of aromatic nitrogens is 1. The van der Waals surface area contributed by atoms with Crippen LogP contribution in [0, 0.1) is 0 Å². The number of aliphatic imine (C=N–C) groups is 1. The summed E-state index contributed by atoms with van der Waals surface area (Å²) in [7, 11) is 1.66. The third-order valence-corrected chi connectivity index (χ3v) is 4.01. The Morgan fingerprint density at radius 2 is 2.16 bits per heavy atom. The number of rotatable bonds is 4. The van der Waals surface area contributed by atoms with Gasteiger partial charge in [-0.05, 0) is 18.9 Å². The molecule has 1 saturated heterocycles. The van der Waals surface area contributed by atoms with Gasteiger partial charge in [0.2, 0.25) is 5.88 Å². The van der Waals surface area contributed by atoms with E-state index in [4.69, 9.17) is 16.3 Å². The van der Waals surface area contributed by atoms with E-state index in [0.717, 1.165) is 6.07 Å². The van der Waals surface area contributed by atoms with Gasteiger partial charge >= 0.3 is 6.18 Å². The molecule has 2 heterocycles. The topological polar surface area (TPSA) is 70.0 Å². The summed E-state index contributed by atoms with van der Waals surface area (Å²) in [5.74, 6) is 0.634. The third kappa shape index (κ3) is 5.64. The highest BCUT2D eigenvalue weighted by molar-refractivity contribution is 6.31. The van der Waals surface area contributed by atoms with Gasteiger partial charge in [0.25, 0.3) is 0 Å². The first-order valence-corrected chi connectivity index (χ1v) is 8.18. The molecular weight excluding hydrogens is 361 g/mol. The molecule has 0 amide bonds. The summed E-state index contributed by atoms with van der Waals surface area (Å²) >= 11 is 5.78. The van der Waals surface area contributed by atoms with Crippen LogP contribution in [0.1, 0.15) is 18.4 Å². The number of halogens is 4. The van der Waals surface area contributed by atoms with E-state index in [9.17, 15) is 18.3 Å². The average molecular weight is 381 g/mol. The van der Waals surface area contributed by atoms with Crippen LogP contribution in [0.2, 0.25) is 5.02 Å². The Morgan fingerprint density at radius 3 is 2.72 bits per heavy atom. The first kappa shape index (κ1) is 19.6. The molecule has 1 aromatic rings. The molecule has 0 radical (unpaired) electrons. The van der Waals surface area contributed by atoms with Crippen molar-refractivity contribution >= 4 is 17.6 Å². The summed E-state index contributed by atoms with van der Waals surface area (Å²) in [5, 5.41) is 12.4. The Bertz CT molecular complexity index is 605. The number of likely N-dealkylation sites (tertiary alicyclic amines) is 1. The fourth-order valence-electron chi connectivity index (χ4n) is 2.41. The van der Waals surface area contributed by atoms with Gasteiger partial charge in [0, 0.05) is 26.3 Å². The second kappa shape index (κ2) is 8.57. The lowest BCUT2D eigenvalue weighted by Gasteiger charge is -2.32. The Hall–Kier alpha value is -1.74. The summed E-state index contributed by atoms with van der Waals surface area (Å²) in [6.45, 7) is 1.94. The molecule has 6 nitrogen and oxygen atoms in total. The van der Waals surface area contributed by atoms with E-state index in [2.05, 4.69) is 15.3 Å². The lowest BCUT2D eigenvalue weighted by Crippen LogP contribution is -2.47. The highest BCUT2D eigenvalue weighted by atomic mass is 35.5. The third-order valence-electron chi connectivity index (χ3n) is 3.73. The summed E-state index contributed by atoms with van der Waals surface area (Å²) in [4.78, 5) is 9.80. The van der Waals surface area contributed by atoms with Crippen molar-refractivity contribution in [3.63, 3.8) is 0 Å². The molecule has 0 bridgehead atoms. The minimum Gasteiger partial charge on any atom is -0.475 e. The molecule has 1 aliphatic rings. The summed E-state index contributed by atoms with van der Waals surface area (Å²) in [6.07, 6.45) is -2.71. The summed E-state index contributed by atoms with van der Waals surface area (Å²) in [6, 6.07) is 0.787. The molecule has 0 unspecified atom stereocenters. The monoisotopic (exact) mass is 380 g/mol. The van der Waals surface area contributed by atoms with Crippen LogP contribution in [0.5, 0.6) is 5.88 Å². The Balaban J connectivity index is 1.80. The highest BCUT2D eigenvalue weighted by Gasteiger charge is 2.31. The minimum atomic E-state index is -4.49. The number of aliphatic hydroxyl groups is 1. The van der Waals surface area contributed by atoms with E-state index in [0.29, 0.717) is 44.6 Å². The molecule has 0 spiro atoms. The Labute approximate surface area is 148 Å². The number of alkyl halides is 3. The Kier molecular flexibility index (Phi) is 6.71. The van der Waals surface area contributed by atoms with Crippen LogP contribution >= 0.6 is 11.6 Å². The van der Waals surface area contributed by atoms with Crippen LogP contribution in [0.3, 0.4) is 0 Å². The van der Waals surface area contributed by atoms with Crippen molar-refractivity contribution in [2.24, 2.45) is 4.99 Å². The zero-order chi connectivity index (χ0) is 18.4. The van der Waals surface area contributed by atoms with Gasteiger partial charge in [0.1, 0.15) is 11.6 Å². The maximum absolute atomic E-state index is 12.6. The van der Waals surface area contributed by atoms with Gasteiger partial charge in [-0.15, -0.1) is 0 Å². The van der Waals surface area contributed by atoms with Crippen LogP contribution in [0.15, 0.2) is 17.3 Å². The normalized spacial score (nSPS) is 16.9. The number of nitrogens with one attached hydrogen (secondary N) is 1. The van der Waals surface area contributed by atoms with Gasteiger partial charge in [-0.2, -0.15) is 13.2 Å². The molecule has 140 valence electrons. The average Bonchev–Trinajstić information content (AvgIpc) is 2.56. The molecule has 1 aliphatic heterocycles. The molecule has 2 N–H and O–H groups in total. The molecule has 25 heavy (non-hydrogen) atoms. The number of pyridine rings is 1. The molecule has 1 fully saturated rings. The van der Waals surface area contributed by atoms with Crippen molar-refractivity contribution in [1.29, 1.82) is 0 Å². The van der Waals surface area contributed by atoms with Crippen molar-refractivity contribution in [1.82, 2.24) is 15.2 Å². The fourth-order valence-corrected chi connectivity index (χ4v) is 2.63. The van der Waals surface area contributed by atoms with E-state index in [1.807, 2.05) is 4.90 Å². The molecule has 0 aromatic carbocycles. The number of piperidine rings is 1. The zero-order valence-corrected chi connectivity index (χ0v) is 14.4. The Morgan fingerprint density at radius 1 is 1.48 bits per heavy atom. The predicted molar refractivity (Wildman–Crippen MR) is 87.9 cm³/mol. The zero-order valence-electron chi connectivity index (χ0n) is 13.7. The summed E-state index contributed by atoms with van der Waals surface area (Å²) < 4.78 is 43.0. The highest BCUT2D eigenvalue weighted by Crippen LogP contribution is 2.32. The van der Waals surface area contributed by atoms with Gasteiger partial charge in [-0.25, -0.2) is 4.98 Å². The first-order valence-electron chi connectivity index (χ1n) is 7.80. The quantitative estimate of drug-likeness (QED) is 0.476. The lowest BCUT2D eigenvalue weighted by atomic mass is 10.1. The largest absolute Gasteiger partial charge is 0.475 e. The number of guanidine groups is 1. The predicted octanol–water partition coefficient (Wildman–Crippen LogP) is 2.16. The van der Waals surface area contributed by atoms with Crippen molar-refractivity contribution in [2.75, 3.05) is 33.3 Å². The van der Waals surface area contributed by atoms with Gasteiger partial charge in [-0.3, -0.25) is 4.99 Å². The van der Waals surface area contributed by atoms with Crippen molar-refractivity contribution in [3.8, 4) is 5.88 Å². The van der Waals surface area contributed by atoms with E-state index in [1.165, 1.54) is 0 Å². The fraction of sp³-hybridized carbons (Fsp3) is 0.600. The molecule has 0 saturated carbocycles. The lowest BCUT2D eigenvalue weighted by molar-refractivity contribution is -0.137. The van der Waals surface area contributed by atoms with Crippen LogP contribution in [-0.2, 0) is 6.18 Å². The van der Waals surface area contributed by atoms with Crippen LogP contribution < -0.4 is 10.1 Å². The van der Waals surface area contributed by atoms with Crippen molar-refractivity contribution < 1.29 is 23.0 Å². The number of ether oxygens (including phenoxy) is 1. The van der Waals surface area contributed by atoms with Crippen LogP contribution in [0.4, 0.5) is 13.2 Å². The maximum atomic E-state index is 12.6. The standard InChI is InChI=1S/C15H20ClF3N4O2/c1-20-14(23-5-2-11(24)3-6-23)21-4-7-25-13-12(16)8-10(9-22-13)15(17,18)19/h8-9,11,24H,2-7H2,1H3,(H,20,21). The molecule has 1 aromatic heterocycles. The molecule has 2 rings (SSSR count). The van der Waals surface area contributed by atoms with E-state index < -0.39 is 11.7 Å². The minimum absolute atomic E-state index is 0.0486. The maximum Gasteiger partial charge on any atom is 0.417 e. The van der Waals surface area contributed by atoms with E-state index in [-0.39, 0.29) is 23.6 Å². The van der Waals surface area contributed by atoms with Gasteiger partial charge in [0.05, 0.1) is 18.2 Å². The number of nitrogens with zero attached hydrogens (tertiary/aromatic N) is 3. The number of hydrogen-bond donors (Lipinski definition) is 2. The number of hydrogen-bond acceptors (Lipinski definition) is 4. The first-order chi connectivity index (χ1) is 11.8. The summed E-state index contributed by atoms with van der Waals surface area (Å²) in [5.41, 5.74) is -0.921. The number of aliphatic hydroxyl groups excluding tert-OH is 1. The smallest absolute Gasteiger partial charge is 0.417 e. The van der Waals surface area contributed by atoms with E-state index in [1.54, 1.807) is 7.05 Å². The van der Waals surface area contributed by atoms with Gasteiger partial charge in [0.15, 0.2) is 5.96 Å². The van der Waals surface area contributed by atoms with Crippen LogP contribution in [0.25, 0.3) is 0 Å². The van der Waals surface area contributed by atoms with Crippen molar-refractivity contribution in [2.45, 2.75) is 25.1 Å². The molecule has 10 heteroatoms. The van der Waals surface area contributed by atoms with Gasteiger partial charge < -0.3 is 20.1 Å². The molecular formula is C15H20ClF3N4O2. The second-order valence-electron chi connectivity index (χ2n) is 5.55. The molecule has 0 atom stereocenters. The second-order valence-corrected chi connectivity index (χ2v) is 5.96. The SMILES string of the molecule is CN=C(NCCOc1ncc(C(F)(F)F)cc1Cl)N1CCC(O)CC1. The van der Waals surface area contributed by atoms with Crippen LogP contribution in [-0.4, -0.2) is 60.3 Å². The molecule has 0 aliphatic carbocycles.